The number of ether oxygens (including phenoxy) is 1. The fraction of sp³-hybridized carbons (Fsp3) is 0.750. The molecule has 0 saturated carbocycles. The number of aromatic nitrogens is 1. The molecule has 0 aliphatic carbocycles. The van der Waals surface area contributed by atoms with Crippen LogP contribution in [0.4, 0.5) is 0 Å². The molecule has 1 aromatic rings. The number of hydrogen-bond donors (Lipinski definition) is 1. The molecule has 23 heavy (non-hydrogen) atoms. The SMILES string of the molecule is Cc1nc(CSCC(=O)NCC(C)N2CC(C)OC(C)C2)cs1. The number of amides is 1. The summed E-state index contributed by atoms with van der Waals surface area (Å²) in [6, 6.07) is 0.332. The molecule has 1 saturated heterocycles. The van der Waals surface area contributed by atoms with Crippen molar-refractivity contribution >= 4 is 29.0 Å². The number of nitrogens with one attached hydrogen (secondary N) is 1. The van der Waals surface area contributed by atoms with Crippen LogP contribution in [0.15, 0.2) is 5.38 Å². The van der Waals surface area contributed by atoms with Gasteiger partial charge in [-0.15, -0.1) is 23.1 Å². The van der Waals surface area contributed by atoms with E-state index in [1.807, 2.05) is 6.92 Å². The highest BCUT2D eigenvalue weighted by Crippen LogP contribution is 2.15. The van der Waals surface area contributed by atoms with Crippen LogP contribution in [0.25, 0.3) is 0 Å². The molecule has 7 heteroatoms. The molecule has 2 rings (SSSR count). The lowest BCUT2D eigenvalue weighted by molar-refractivity contribution is -0.119. The van der Waals surface area contributed by atoms with Crippen LogP contribution in [0, 0.1) is 6.92 Å². The fourth-order valence-electron chi connectivity index (χ4n) is 2.74. The minimum absolute atomic E-state index is 0.100. The van der Waals surface area contributed by atoms with Crippen LogP contribution in [0.5, 0.6) is 0 Å². The number of morpholine rings is 1. The summed E-state index contributed by atoms with van der Waals surface area (Å²) in [6.45, 7) is 10.9. The second-order valence-corrected chi connectivity index (χ2v) is 8.26. The lowest BCUT2D eigenvalue weighted by atomic mass is 10.2. The molecule has 2 heterocycles. The van der Waals surface area contributed by atoms with Gasteiger partial charge in [-0.2, -0.15) is 0 Å². The summed E-state index contributed by atoms with van der Waals surface area (Å²) in [7, 11) is 0. The van der Waals surface area contributed by atoms with Crippen molar-refractivity contribution in [1.29, 1.82) is 0 Å². The second kappa shape index (κ2) is 9.01. The molecular weight excluding hydrogens is 330 g/mol. The minimum atomic E-state index is 0.100. The van der Waals surface area contributed by atoms with Gasteiger partial charge in [-0.25, -0.2) is 4.98 Å². The van der Waals surface area contributed by atoms with Gasteiger partial charge in [-0.3, -0.25) is 9.69 Å². The van der Waals surface area contributed by atoms with Crippen LogP contribution in [0.2, 0.25) is 0 Å². The Labute approximate surface area is 147 Å². The van der Waals surface area contributed by atoms with Crippen molar-refractivity contribution < 1.29 is 9.53 Å². The second-order valence-electron chi connectivity index (χ2n) is 6.21. The summed E-state index contributed by atoms with van der Waals surface area (Å²) >= 11 is 3.27. The number of hydrogen-bond acceptors (Lipinski definition) is 6. The van der Waals surface area contributed by atoms with Gasteiger partial charge in [0, 0.05) is 36.8 Å². The van der Waals surface area contributed by atoms with Crippen molar-refractivity contribution in [1.82, 2.24) is 15.2 Å². The predicted octanol–water partition coefficient (Wildman–Crippen LogP) is 2.30. The maximum atomic E-state index is 12.0. The Balaban J connectivity index is 1.63. The summed E-state index contributed by atoms with van der Waals surface area (Å²) in [5, 5.41) is 6.18. The van der Waals surface area contributed by atoms with Gasteiger partial charge < -0.3 is 10.1 Å². The van der Waals surface area contributed by atoms with Crippen molar-refractivity contribution in [2.75, 3.05) is 25.4 Å². The number of carbonyl (C=O) groups excluding carboxylic acids is 1. The minimum Gasteiger partial charge on any atom is -0.373 e. The zero-order valence-corrected chi connectivity index (χ0v) is 16.0. The first-order chi connectivity index (χ1) is 10.9. The molecule has 0 aromatic carbocycles. The Morgan fingerprint density at radius 2 is 2.22 bits per heavy atom. The van der Waals surface area contributed by atoms with Crippen LogP contribution < -0.4 is 5.32 Å². The fourth-order valence-corrected chi connectivity index (χ4v) is 4.21. The van der Waals surface area contributed by atoms with E-state index in [2.05, 4.69) is 41.4 Å². The third kappa shape index (κ3) is 6.41. The first-order valence-electron chi connectivity index (χ1n) is 8.09. The zero-order chi connectivity index (χ0) is 16.8. The monoisotopic (exact) mass is 357 g/mol. The quantitative estimate of drug-likeness (QED) is 0.811. The van der Waals surface area contributed by atoms with Crippen molar-refractivity contribution in [3.8, 4) is 0 Å². The van der Waals surface area contributed by atoms with Gasteiger partial charge in [-0.1, -0.05) is 0 Å². The lowest BCUT2D eigenvalue weighted by Crippen LogP contribution is -2.52. The molecule has 3 unspecified atom stereocenters. The maximum Gasteiger partial charge on any atom is 0.230 e. The summed E-state index contributed by atoms with van der Waals surface area (Å²) < 4.78 is 5.75. The van der Waals surface area contributed by atoms with Gasteiger partial charge in [0.05, 0.1) is 28.7 Å². The highest BCUT2D eigenvalue weighted by Gasteiger charge is 2.25. The maximum absolute atomic E-state index is 12.0. The van der Waals surface area contributed by atoms with Crippen molar-refractivity contribution in [3.63, 3.8) is 0 Å². The van der Waals surface area contributed by atoms with Crippen molar-refractivity contribution in [3.05, 3.63) is 16.1 Å². The molecule has 0 spiro atoms. The van der Waals surface area contributed by atoms with E-state index >= 15 is 0 Å². The third-order valence-corrected chi connectivity index (χ3v) is 5.60. The Morgan fingerprint density at radius 1 is 1.52 bits per heavy atom. The Bertz CT molecular complexity index is 499. The lowest BCUT2D eigenvalue weighted by Gasteiger charge is -2.39. The zero-order valence-electron chi connectivity index (χ0n) is 14.4. The van der Waals surface area contributed by atoms with Gasteiger partial charge in [0.25, 0.3) is 0 Å². The number of nitrogens with zero attached hydrogens (tertiary/aromatic N) is 2. The van der Waals surface area contributed by atoms with E-state index in [0.717, 1.165) is 29.5 Å². The molecule has 3 atom stereocenters. The van der Waals surface area contributed by atoms with Crippen LogP contribution in [-0.2, 0) is 15.3 Å². The molecule has 1 fully saturated rings. The van der Waals surface area contributed by atoms with E-state index in [-0.39, 0.29) is 18.1 Å². The Hall–Kier alpha value is -0.630. The summed E-state index contributed by atoms with van der Waals surface area (Å²) in [5.74, 6) is 1.38. The van der Waals surface area contributed by atoms with Crippen molar-refractivity contribution in [2.45, 2.75) is 51.7 Å². The van der Waals surface area contributed by atoms with E-state index in [4.69, 9.17) is 4.74 Å². The van der Waals surface area contributed by atoms with Gasteiger partial charge in [0.1, 0.15) is 0 Å². The third-order valence-electron chi connectivity index (χ3n) is 3.82. The largest absolute Gasteiger partial charge is 0.373 e. The standard InChI is InChI=1S/C16H27N3O2S2/c1-11(19-6-12(2)21-13(3)7-19)5-17-16(20)10-22-8-15-9-23-14(4)18-15/h9,11-13H,5-8,10H2,1-4H3,(H,17,20). The summed E-state index contributed by atoms with van der Waals surface area (Å²) in [4.78, 5) is 18.8. The van der Waals surface area contributed by atoms with Gasteiger partial charge >= 0.3 is 0 Å². The number of rotatable bonds is 7. The first kappa shape index (κ1) is 18.7. The van der Waals surface area contributed by atoms with E-state index in [1.54, 1.807) is 23.1 Å². The topological polar surface area (TPSA) is 54.5 Å². The van der Waals surface area contributed by atoms with E-state index in [0.29, 0.717) is 18.3 Å². The molecule has 1 N–H and O–H groups in total. The first-order valence-corrected chi connectivity index (χ1v) is 10.1. The molecule has 1 aromatic heterocycles. The Morgan fingerprint density at radius 3 is 2.83 bits per heavy atom. The number of aryl methyl sites for hydroxylation is 1. The number of thioether (sulfide) groups is 1. The smallest absolute Gasteiger partial charge is 0.230 e. The molecular formula is C16H27N3O2S2. The van der Waals surface area contributed by atoms with Gasteiger partial charge in [-0.05, 0) is 27.7 Å². The van der Waals surface area contributed by atoms with Crippen LogP contribution >= 0.6 is 23.1 Å². The van der Waals surface area contributed by atoms with E-state index < -0.39 is 0 Å². The molecule has 1 aliphatic heterocycles. The number of carbonyl (C=O) groups is 1. The van der Waals surface area contributed by atoms with Gasteiger partial charge in [0.2, 0.25) is 5.91 Å². The highest BCUT2D eigenvalue weighted by molar-refractivity contribution is 7.99. The molecule has 0 radical (unpaired) electrons. The average Bonchev–Trinajstić information content (AvgIpc) is 2.89. The molecule has 130 valence electrons. The molecule has 0 bridgehead atoms. The van der Waals surface area contributed by atoms with E-state index in [1.165, 1.54) is 0 Å². The number of thiazole rings is 1. The van der Waals surface area contributed by atoms with Crippen LogP contribution in [0.3, 0.4) is 0 Å². The van der Waals surface area contributed by atoms with Crippen molar-refractivity contribution in [2.24, 2.45) is 0 Å². The predicted molar refractivity (Wildman–Crippen MR) is 97.1 cm³/mol. The van der Waals surface area contributed by atoms with E-state index in [9.17, 15) is 4.79 Å². The summed E-state index contributed by atoms with van der Waals surface area (Å²) in [6.07, 6.45) is 0.517. The molecule has 1 aliphatic rings. The molecule has 5 nitrogen and oxygen atoms in total. The normalized spacial score (nSPS) is 23.7. The molecule has 1 amide bonds. The Kier molecular flexibility index (Phi) is 7.33. The summed E-state index contributed by atoms with van der Waals surface area (Å²) in [5.41, 5.74) is 1.06. The average molecular weight is 358 g/mol. The van der Waals surface area contributed by atoms with Gasteiger partial charge in [0.15, 0.2) is 0 Å². The van der Waals surface area contributed by atoms with Crippen LogP contribution in [0.1, 0.15) is 31.5 Å². The highest BCUT2D eigenvalue weighted by atomic mass is 32.2. The van der Waals surface area contributed by atoms with Crippen LogP contribution in [-0.4, -0.2) is 59.4 Å².